The molecule has 6 heteroatoms. The van der Waals surface area contributed by atoms with E-state index in [0.717, 1.165) is 0 Å². The standard InChI is InChI=1S/C11H11BrO4S/c12-8-3-1-2-4-9(8)17(15,16)7-11(5-6-11)10(13)14/h1-4H,5-7H2,(H,13,14). The summed E-state index contributed by atoms with van der Waals surface area (Å²) in [5, 5.41) is 9.01. The summed E-state index contributed by atoms with van der Waals surface area (Å²) in [6.45, 7) is 0. The summed E-state index contributed by atoms with van der Waals surface area (Å²) < 4.78 is 24.7. The van der Waals surface area contributed by atoms with Crippen LogP contribution in [0.3, 0.4) is 0 Å². The number of carboxylic acids is 1. The Kier molecular flexibility index (Phi) is 3.03. The Labute approximate surface area is 108 Å². The van der Waals surface area contributed by atoms with Gasteiger partial charge in [-0.25, -0.2) is 8.42 Å². The molecule has 0 aromatic heterocycles. The first kappa shape index (κ1) is 12.6. The Balaban J connectivity index is 2.33. The van der Waals surface area contributed by atoms with E-state index >= 15 is 0 Å². The summed E-state index contributed by atoms with van der Waals surface area (Å²) in [5.74, 6) is -1.34. The molecule has 1 aliphatic carbocycles. The SMILES string of the molecule is O=C(O)C1(CS(=O)(=O)c2ccccc2Br)CC1. The Morgan fingerprint density at radius 1 is 1.35 bits per heavy atom. The molecule has 0 bridgehead atoms. The zero-order valence-corrected chi connectivity index (χ0v) is 11.3. The summed E-state index contributed by atoms with van der Waals surface area (Å²) in [5.41, 5.74) is -1.06. The van der Waals surface area contributed by atoms with Gasteiger partial charge in [0, 0.05) is 4.47 Å². The van der Waals surface area contributed by atoms with Crippen LogP contribution in [0.2, 0.25) is 0 Å². The molecule has 1 saturated carbocycles. The third-order valence-electron chi connectivity index (χ3n) is 2.95. The van der Waals surface area contributed by atoms with Crippen LogP contribution in [0.15, 0.2) is 33.6 Å². The minimum absolute atomic E-state index is 0.160. The number of halogens is 1. The molecule has 0 unspecified atom stereocenters. The summed E-state index contributed by atoms with van der Waals surface area (Å²) in [7, 11) is -3.56. The Hall–Kier alpha value is -0.880. The van der Waals surface area contributed by atoms with Crippen LogP contribution in [0.4, 0.5) is 0 Å². The van der Waals surface area contributed by atoms with E-state index in [4.69, 9.17) is 5.11 Å². The predicted octanol–water partition coefficient (Wildman–Crippen LogP) is 2.09. The zero-order valence-electron chi connectivity index (χ0n) is 8.89. The minimum Gasteiger partial charge on any atom is -0.481 e. The van der Waals surface area contributed by atoms with Gasteiger partial charge in [0.05, 0.1) is 16.1 Å². The first-order valence-corrected chi connectivity index (χ1v) is 7.53. The van der Waals surface area contributed by atoms with Gasteiger partial charge in [0.25, 0.3) is 0 Å². The van der Waals surface area contributed by atoms with E-state index in [9.17, 15) is 13.2 Å². The van der Waals surface area contributed by atoms with E-state index < -0.39 is 21.2 Å². The predicted molar refractivity (Wildman–Crippen MR) is 65.5 cm³/mol. The van der Waals surface area contributed by atoms with Gasteiger partial charge in [-0.3, -0.25) is 4.79 Å². The van der Waals surface area contributed by atoms with Crippen molar-refractivity contribution in [2.24, 2.45) is 5.41 Å². The summed E-state index contributed by atoms with van der Waals surface area (Å²) in [6.07, 6.45) is 0.873. The number of carbonyl (C=O) groups is 1. The second kappa shape index (κ2) is 4.10. The summed E-state index contributed by atoms with van der Waals surface area (Å²) in [4.78, 5) is 11.2. The smallest absolute Gasteiger partial charge is 0.310 e. The van der Waals surface area contributed by atoms with E-state index in [2.05, 4.69) is 15.9 Å². The van der Waals surface area contributed by atoms with Gasteiger partial charge in [0.15, 0.2) is 9.84 Å². The Morgan fingerprint density at radius 3 is 2.41 bits per heavy atom. The van der Waals surface area contributed by atoms with Gasteiger partial charge in [-0.2, -0.15) is 0 Å². The van der Waals surface area contributed by atoms with Gasteiger partial charge in [0.2, 0.25) is 0 Å². The van der Waals surface area contributed by atoms with Gasteiger partial charge < -0.3 is 5.11 Å². The molecule has 17 heavy (non-hydrogen) atoms. The van der Waals surface area contributed by atoms with Gasteiger partial charge in [-0.1, -0.05) is 12.1 Å². The molecule has 0 spiro atoms. The number of hydrogen-bond acceptors (Lipinski definition) is 3. The van der Waals surface area contributed by atoms with Crippen LogP contribution in [0.1, 0.15) is 12.8 Å². The summed E-state index contributed by atoms with van der Waals surface area (Å²) in [6, 6.07) is 6.45. The molecule has 1 aromatic carbocycles. The van der Waals surface area contributed by atoms with Crippen LogP contribution in [0, 0.1) is 5.41 Å². The quantitative estimate of drug-likeness (QED) is 0.922. The maximum Gasteiger partial charge on any atom is 0.310 e. The van der Waals surface area contributed by atoms with E-state index in [1.807, 2.05) is 0 Å². The largest absolute Gasteiger partial charge is 0.481 e. The molecule has 4 nitrogen and oxygen atoms in total. The molecule has 0 radical (unpaired) electrons. The lowest BCUT2D eigenvalue weighted by molar-refractivity contribution is -0.142. The monoisotopic (exact) mass is 318 g/mol. The normalized spacial score (nSPS) is 17.7. The van der Waals surface area contributed by atoms with Crippen LogP contribution < -0.4 is 0 Å². The van der Waals surface area contributed by atoms with Gasteiger partial charge in [-0.15, -0.1) is 0 Å². The fourth-order valence-electron chi connectivity index (χ4n) is 1.71. The molecule has 0 saturated heterocycles. The average molecular weight is 319 g/mol. The fourth-order valence-corrected chi connectivity index (χ4v) is 4.68. The van der Waals surface area contributed by atoms with Crippen LogP contribution in [0.5, 0.6) is 0 Å². The molecule has 1 aliphatic rings. The lowest BCUT2D eigenvalue weighted by atomic mass is 10.1. The number of carboxylic acid groups (broad SMARTS) is 1. The van der Waals surface area contributed by atoms with Crippen LogP contribution in [0.25, 0.3) is 0 Å². The third-order valence-corrected chi connectivity index (χ3v) is 5.86. The maximum absolute atomic E-state index is 12.1. The first-order chi connectivity index (χ1) is 7.87. The molecular weight excluding hydrogens is 308 g/mol. The molecular formula is C11H11BrO4S. The molecule has 0 aliphatic heterocycles. The highest BCUT2D eigenvalue weighted by Crippen LogP contribution is 2.48. The third kappa shape index (κ3) is 2.37. The van der Waals surface area contributed by atoms with Crippen LogP contribution in [-0.4, -0.2) is 25.2 Å². The van der Waals surface area contributed by atoms with Crippen molar-refractivity contribution in [1.29, 1.82) is 0 Å². The molecule has 1 fully saturated rings. The van der Waals surface area contributed by atoms with Crippen molar-refractivity contribution in [3.8, 4) is 0 Å². The number of hydrogen-bond donors (Lipinski definition) is 1. The zero-order chi connectivity index (χ0) is 12.7. The molecule has 2 rings (SSSR count). The Morgan fingerprint density at radius 2 is 1.94 bits per heavy atom. The van der Waals surface area contributed by atoms with Crippen molar-refractivity contribution in [3.05, 3.63) is 28.7 Å². The van der Waals surface area contributed by atoms with E-state index in [-0.39, 0.29) is 10.6 Å². The first-order valence-electron chi connectivity index (χ1n) is 5.08. The molecule has 1 aromatic rings. The second-order valence-electron chi connectivity index (χ2n) is 4.27. The topological polar surface area (TPSA) is 71.4 Å². The van der Waals surface area contributed by atoms with Crippen LogP contribution in [-0.2, 0) is 14.6 Å². The van der Waals surface area contributed by atoms with Gasteiger partial charge >= 0.3 is 5.97 Å². The minimum atomic E-state index is -3.56. The average Bonchev–Trinajstić information content (AvgIpc) is 2.98. The van der Waals surface area contributed by atoms with Crippen molar-refractivity contribution < 1.29 is 18.3 Å². The fraction of sp³-hybridized carbons (Fsp3) is 0.364. The van der Waals surface area contributed by atoms with E-state index in [1.165, 1.54) is 6.07 Å². The molecule has 92 valence electrons. The van der Waals surface area contributed by atoms with Crippen molar-refractivity contribution in [1.82, 2.24) is 0 Å². The highest BCUT2D eigenvalue weighted by molar-refractivity contribution is 9.10. The van der Waals surface area contributed by atoms with E-state index in [0.29, 0.717) is 17.3 Å². The van der Waals surface area contributed by atoms with Crippen molar-refractivity contribution in [3.63, 3.8) is 0 Å². The number of aliphatic carboxylic acids is 1. The molecule has 1 N–H and O–H groups in total. The molecule has 0 heterocycles. The Bertz CT molecular complexity index is 561. The van der Waals surface area contributed by atoms with Crippen molar-refractivity contribution in [2.45, 2.75) is 17.7 Å². The van der Waals surface area contributed by atoms with Crippen molar-refractivity contribution >= 4 is 31.7 Å². The van der Waals surface area contributed by atoms with Gasteiger partial charge in [0.1, 0.15) is 0 Å². The second-order valence-corrected chi connectivity index (χ2v) is 7.09. The van der Waals surface area contributed by atoms with Crippen LogP contribution >= 0.6 is 15.9 Å². The van der Waals surface area contributed by atoms with E-state index in [1.54, 1.807) is 18.2 Å². The number of sulfone groups is 1. The lowest BCUT2D eigenvalue weighted by Gasteiger charge is -2.11. The maximum atomic E-state index is 12.1. The number of benzene rings is 1. The number of rotatable bonds is 4. The highest BCUT2D eigenvalue weighted by Gasteiger charge is 2.53. The highest BCUT2D eigenvalue weighted by atomic mass is 79.9. The molecule has 0 atom stereocenters. The molecule has 0 amide bonds. The van der Waals surface area contributed by atoms with Gasteiger partial charge in [-0.05, 0) is 40.9 Å². The lowest BCUT2D eigenvalue weighted by Crippen LogP contribution is -2.25. The van der Waals surface area contributed by atoms with Crippen molar-refractivity contribution in [2.75, 3.05) is 5.75 Å². The summed E-state index contributed by atoms with van der Waals surface area (Å²) >= 11 is 3.17.